The van der Waals surface area contributed by atoms with Crippen LogP contribution < -0.4 is 10.6 Å². The van der Waals surface area contributed by atoms with Gasteiger partial charge in [-0.05, 0) is 57.7 Å². The lowest BCUT2D eigenvalue weighted by molar-refractivity contribution is 0.0549. The predicted octanol–water partition coefficient (Wildman–Crippen LogP) is 3.44. The van der Waals surface area contributed by atoms with Crippen LogP contribution in [0.25, 0.3) is 0 Å². The third-order valence-corrected chi connectivity index (χ3v) is 3.48. The molecule has 1 aliphatic rings. The van der Waals surface area contributed by atoms with Crippen molar-refractivity contribution in [3.8, 4) is 0 Å². The van der Waals surface area contributed by atoms with E-state index in [1.807, 2.05) is 45.0 Å². The molecule has 1 aromatic carbocycles. The molecule has 4 heteroatoms. The maximum absolute atomic E-state index is 12.4. The van der Waals surface area contributed by atoms with E-state index in [0.717, 1.165) is 24.1 Å². The van der Waals surface area contributed by atoms with Crippen molar-refractivity contribution in [2.24, 2.45) is 5.73 Å². The zero-order valence-electron chi connectivity index (χ0n) is 12.6. The summed E-state index contributed by atoms with van der Waals surface area (Å²) in [5.74, 6) is 0. The van der Waals surface area contributed by atoms with Gasteiger partial charge in [-0.25, -0.2) is 4.79 Å². The summed E-state index contributed by atoms with van der Waals surface area (Å²) in [6.45, 7) is 6.18. The first-order valence-corrected chi connectivity index (χ1v) is 7.22. The zero-order chi connectivity index (χ0) is 14.8. The van der Waals surface area contributed by atoms with E-state index in [4.69, 9.17) is 10.5 Å². The van der Waals surface area contributed by atoms with Gasteiger partial charge in [-0.3, -0.25) is 4.90 Å². The normalized spacial score (nSPS) is 15.6. The topological polar surface area (TPSA) is 55.6 Å². The number of carbonyl (C=O) groups is 1. The summed E-state index contributed by atoms with van der Waals surface area (Å²) in [6.07, 6.45) is 2.99. The molecule has 0 bridgehead atoms. The molecule has 0 heterocycles. The molecule has 0 radical (unpaired) electrons. The number of carbonyl (C=O) groups excluding carboxylic acids is 1. The van der Waals surface area contributed by atoms with Crippen LogP contribution in [0.15, 0.2) is 24.3 Å². The van der Waals surface area contributed by atoms with Gasteiger partial charge in [0, 0.05) is 18.3 Å². The molecule has 2 rings (SSSR count). The number of amides is 1. The summed E-state index contributed by atoms with van der Waals surface area (Å²) in [5, 5.41) is 0. The van der Waals surface area contributed by atoms with Gasteiger partial charge in [0.15, 0.2) is 0 Å². The molecule has 0 spiro atoms. The van der Waals surface area contributed by atoms with Crippen LogP contribution in [0, 0.1) is 0 Å². The van der Waals surface area contributed by atoms with Crippen molar-refractivity contribution in [2.45, 2.75) is 58.2 Å². The van der Waals surface area contributed by atoms with Gasteiger partial charge in [-0.2, -0.15) is 0 Å². The Labute approximate surface area is 120 Å². The third-order valence-electron chi connectivity index (χ3n) is 3.48. The molecule has 1 fully saturated rings. The van der Waals surface area contributed by atoms with Crippen molar-refractivity contribution in [1.82, 2.24) is 0 Å². The van der Waals surface area contributed by atoms with Crippen LogP contribution in [-0.4, -0.2) is 17.7 Å². The number of hydrogen-bond acceptors (Lipinski definition) is 3. The van der Waals surface area contributed by atoms with Crippen molar-refractivity contribution >= 4 is 11.8 Å². The average Bonchev–Trinajstić information content (AvgIpc) is 2.31. The lowest BCUT2D eigenvalue weighted by Gasteiger charge is -2.38. The lowest BCUT2D eigenvalue weighted by atomic mass is 9.91. The second-order valence-electron chi connectivity index (χ2n) is 6.31. The Morgan fingerprint density at radius 3 is 2.30 bits per heavy atom. The summed E-state index contributed by atoms with van der Waals surface area (Å²) in [5.41, 5.74) is 7.09. The number of benzene rings is 1. The molecule has 110 valence electrons. The zero-order valence-corrected chi connectivity index (χ0v) is 12.6. The van der Waals surface area contributed by atoms with Crippen LogP contribution in [0.2, 0.25) is 0 Å². The van der Waals surface area contributed by atoms with Crippen LogP contribution in [-0.2, 0) is 11.3 Å². The fraction of sp³-hybridized carbons (Fsp3) is 0.562. The van der Waals surface area contributed by atoms with Crippen molar-refractivity contribution < 1.29 is 9.53 Å². The molecule has 1 aliphatic carbocycles. The first-order valence-electron chi connectivity index (χ1n) is 7.22. The SMILES string of the molecule is CC(C)(C)OC(=O)N(c1ccc(CN)cc1)C1CCC1. The summed E-state index contributed by atoms with van der Waals surface area (Å²) in [6, 6.07) is 8.08. The molecule has 2 N–H and O–H groups in total. The first kappa shape index (κ1) is 14.9. The Balaban J connectivity index is 2.20. The van der Waals surface area contributed by atoms with Crippen molar-refractivity contribution in [3.63, 3.8) is 0 Å². The average molecular weight is 276 g/mol. The van der Waals surface area contributed by atoms with E-state index >= 15 is 0 Å². The van der Waals surface area contributed by atoms with Gasteiger partial charge >= 0.3 is 6.09 Å². The van der Waals surface area contributed by atoms with Gasteiger partial charge in [0.1, 0.15) is 5.60 Å². The number of anilines is 1. The van der Waals surface area contributed by atoms with E-state index in [-0.39, 0.29) is 12.1 Å². The third kappa shape index (κ3) is 3.51. The quantitative estimate of drug-likeness (QED) is 0.920. The van der Waals surface area contributed by atoms with Crippen LogP contribution in [0.3, 0.4) is 0 Å². The Morgan fingerprint density at radius 2 is 1.90 bits per heavy atom. The van der Waals surface area contributed by atoms with Gasteiger partial charge in [-0.1, -0.05) is 12.1 Å². The fourth-order valence-corrected chi connectivity index (χ4v) is 2.21. The van der Waals surface area contributed by atoms with E-state index in [9.17, 15) is 4.79 Å². The summed E-state index contributed by atoms with van der Waals surface area (Å²) >= 11 is 0. The lowest BCUT2D eigenvalue weighted by Crippen LogP contribution is -2.46. The van der Waals surface area contributed by atoms with E-state index < -0.39 is 5.60 Å². The Kier molecular flexibility index (Phi) is 4.33. The van der Waals surface area contributed by atoms with Crippen molar-refractivity contribution in [3.05, 3.63) is 29.8 Å². The van der Waals surface area contributed by atoms with E-state index in [2.05, 4.69) is 0 Å². The Hall–Kier alpha value is -1.55. The molecule has 1 aromatic rings. The number of hydrogen-bond donors (Lipinski definition) is 1. The highest BCUT2D eigenvalue weighted by Gasteiger charge is 2.33. The standard InChI is InChI=1S/C16H24N2O2/c1-16(2,3)20-15(19)18(13-5-4-6-13)14-9-7-12(11-17)8-10-14/h7-10,13H,4-6,11,17H2,1-3H3. The summed E-state index contributed by atoms with van der Waals surface area (Å²) in [4.78, 5) is 14.2. The molecule has 20 heavy (non-hydrogen) atoms. The molecule has 1 saturated carbocycles. The smallest absolute Gasteiger partial charge is 0.415 e. The van der Waals surface area contributed by atoms with E-state index in [1.54, 1.807) is 4.90 Å². The summed E-state index contributed by atoms with van der Waals surface area (Å²) < 4.78 is 5.53. The number of nitrogens with two attached hydrogens (primary N) is 1. The Morgan fingerprint density at radius 1 is 1.30 bits per heavy atom. The minimum Gasteiger partial charge on any atom is -0.443 e. The van der Waals surface area contributed by atoms with Gasteiger partial charge in [0.25, 0.3) is 0 Å². The van der Waals surface area contributed by atoms with Gasteiger partial charge in [-0.15, -0.1) is 0 Å². The molecule has 1 amide bonds. The molecular formula is C16H24N2O2. The van der Waals surface area contributed by atoms with Gasteiger partial charge in [0.05, 0.1) is 0 Å². The first-order chi connectivity index (χ1) is 9.40. The maximum atomic E-state index is 12.4. The fourth-order valence-electron chi connectivity index (χ4n) is 2.21. The second kappa shape index (κ2) is 5.83. The highest BCUT2D eigenvalue weighted by atomic mass is 16.6. The van der Waals surface area contributed by atoms with Gasteiger partial charge < -0.3 is 10.5 Å². The highest BCUT2D eigenvalue weighted by molar-refractivity contribution is 5.88. The Bertz CT molecular complexity index is 458. The van der Waals surface area contributed by atoms with Crippen LogP contribution in [0.1, 0.15) is 45.6 Å². The van der Waals surface area contributed by atoms with E-state index in [0.29, 0.717) is 6.54 Å². The molecule has 0 saturated heterocycles. The summed E-state index contributed by atoms with van der Waals surface area (Å²) in [7, 11) is 0. The van der Waals surface area contributed by atoms with Crippen molar-refractivity contribution in [1.29, 1.82) is 0 Å². The van der Waals surface area contributed by atoms with Crippen LogP contribution in [0.5, 0.6) is 0 Å². The van der Waals surface area contributed by atoms with E-state index in [1.165, 1.54) is 6.42 Å². The van der Waals surface area contributed by atoms with Crippen LogP contribution >= 0.6 is 0 Å². The number of rotatable bonds is 3. The second-order valence-corrected chi connectivity index (χ2v) is 6.31. The minimum atomic E-state index is -0.476. The largest absolute Gasteiger partial charge is 0.443 e. The molecule has 0 aliphatic heterocycles. The minimum absolute atomic E-state index is 0.258. The monoisotopic (exact) mass is 276 g/mol. The molecule has 0 unspecified atom stereocenters. The van der Waals surface area contributed by atoms with Crippen molar-refractivity contribution in [2.75, 3.05) is 4.90 Å². The molecule has 0 atom stereocenters. The van der Waals surface area contributed by atoms with Crippen LogP contribution in [0.4, 0.5) is 10.5 Å². The highest BCUT2D eigenvalue weighted by Crippen LogP contribution is 2.31. The predicted molar refractivity (Wildman–Crippen MR) is 80.7 cm³/mol. The maximum Gasteiger partial charge on any atom is 0.415 e. The van der Waals surface area contributed by atoms with Gasteiger partial charge in [0.2, 0.25) is 0 Å². The molecule has 0 aromatic heterocycles. The molecular weight excluding hydrogens is 252 g/mol. The molecule has 4 nitrogen and oxygen atoms in total. The number of nitrogens with zero attached hydrogens (tertiary/aromatic N) is 1. The number of ether oxygens (including phenoxy) is 1.